The molecule has 0 aromatic carbocycles. The van der Waals surface area contributed by atoms with Gasteiger partial charge in [0.05, 0.1) is 0 Å². The third-order valence-electron chi connectivity index (χ3n) is 1.96. The molecule has 2 N–H and O–H groups in total. The molecule has 0 unspecified atom stereocenters. The smallest absolute Gasteiger partial charge is 0.0354 e. The third-order valence-corrected chi connectivity index (χ3v) is 1.96. The minimum absolute atomic E-state index is 0.777. The Hall–Kier alpha value is -1.02. The van der Waals surface area contributed by atoms with E-state index in [1.165, 1.54) is 5.57 Å². The fraction of sp³-hybridized carbons (Fsp3) is 0.455. The van der Waals surface area contributed by atoms with E-state index >= 15 is 0 Å². The van der Waals surface area contributed by atoms with Crippen molar-refractivity contribution >= 4 is 0 Å². The van der Waals surface area contributed by atoms with Crippen LogP contribution in [0.2, 0.25) is 0 Å². The Kier molecular flexibility index (Phi) is 4.33. The highest BCUT2D eigenvalue weighted by atomic mass is 15.1. The fourth-order valence-corrected chi connectivity index (χ4v) is 1.26. The highest BCUT2D eigenvalue weighted by Crippen LogP contribution is 2.07. The van der Waals surface area contributed by atoms with Crippen molar-refractivity contribution in [1.29, 1.82) is 0 Å². The molecule has 0 aromatic rings. The molecule has 0 radical (unpaired) electrons. The van der Waals surface area contributed by atoms with Crippen LogP contribution in [0.1, 0.15) is 12.8 Å². The van der Waals surface area contributed by atoms with Gasteiger partial charge < -0.3 is 10.6 Å². The van der Waals surface area contributed by atoms with Crippen LogP contribution in [0, 0.1) is 0 Å². The van der Waals surface area contributed by atoms with Crippen molar-refractivity contribution < 1.29 is 0 Å². The van der Waals surface area contributed by atoms with Crippen LogP contribution >= 0.6 is 0 Å². The average Bonchev–Trinajstić information content (AvgIpc) is 2.13. The van der Waals surface area contributed by atoms with Crippen LogP contribution in [-0.2, 0) is 0 Å². The van der Waals surface area contributed by atoms with Crippen LogP contribution in [-0.4, -0.2) is 25.0 Å². The molecule has 0 fully saturated rings. The number of nitrogens with two attached hydrogens (primary N) is 1. The zero-order chi connectivity index (χ0) is 9.52. The van der Waals surface area contributed by atoms with Crippen LogP contribution in [0.3, 0.4) is 0 Å². The van der Waals surface area contributed by atoms with Gasteiger partial charge in [0, 0.05) is 19.8 Å². The minimum atomic E-state index is 0.777. The van der Waals surface area contributed by atoms with E-state index < -0.39 is 0 Å². The monoisotopic (exact) mass is 178 g/mol. The Bertz CT molecular complexity index is 226. The van der Waals surface area contributed by atoms with Crippen LogP contribution in [0.4, 0.5) is 0 Å². The van der Waals surface area contributed by atoms with E-state index in [1.54, 1.807) is 0 Å². The number of unbranched alkanes of at least 4 members (excludes halogenated alkanes) is 1. The lowest BCUT2D eigenvalue weighted by atomic mass is 10.1. The molecule has 1 aliphatic rings. The van der Waals surface area contributed by atoms with Crippen molar-refractivity contribution in [2.45, 2.75) is 12.8 Å². The SMILES string of the molecule is CN1C=C(/C=C\CCCN)C=CC1. The summed E-state index contributed by atoms with van der Waals surface area (Å²) in [5.41, 5.74) is 6.67. The van der Waals surface area contributed by atoms with Gasteiger partial charge in [0.15, 0.2) is 0 Å². The lowest BCUT2D eigenvalue weighted by Crippen LogP contribution is -2.13. The first-order valence-electron chi connectivity index (χ1n) is 4.78. The van der Waals surface area contributed by atoms with Crippen molar-refractivity contribution in [3.05, 3.63) is 36.1 Å². The molecule has 0 spiro atoms. The first-order valence-corrected chi connectivity index (χ1v) is 4.78. The van der Waals surface area contributed by atoms with Crippen molar-refractivity contribution in [2.24, 2.45) is 5.73 Å². The molecule has 2 heteroatoms. The second kappa shape index (κ2) is 5.60. The molecule has 0 aliphatic carbocycles. The van der Waals surface area contributed by atoms with Crippen molar-refractivity contribution in [3.8, 4) is 0 Å². The van der Waals surface area contributed by atoms with Gasteiger partial charge in [-0.2, -0.15) is 0 Å². The minimum Gasteiger partial charge on any atom is -0.376 e. The molecule has 0 saturated heterocycles. The second-order valence-corrected chi connectivity index (χ2v) is 3.30. The van der Waals surface area contributed by atoms with Crippen LogP contribution in [0.5, 0.6) is 0 Å². The van der Waals surface area contributed by atoms with Crippen molar-refractivity contribution in [3.63, 3.8) is 0 Å². The molecule has 0 aromatic heterocycles. The molecule has 0 bridgehead atoms. The number of likely N-dealkylation sites (N-methyl/N-ethyl adjacent to an activating group) is 1. The van der Waals surface area contributed by atoms with Gasteiger partial charge in [-0.15, -0.1) is 0 Å². The van der Waals surface area contributed by atoms with Gasteiger partial charge in [0.2, 0.25) is 0 Å². The van der Waals surface area contributed by atoms with Gasteiger partial charge in [-0.05, 0) is 25.0 Å². The molecule has 1 heterocycles. The third kappa shape index (κ3) is 3.95. The maximum atomic E-state index is 5.40. The quantitative estimate of drug-likeness (QED) is 0.663. The van der Waals surface area contributed by atoms with Crippen molar-refractivity contribution in [2.75, 3.05) is 20.1 Å². The highest BCUT2D eigenvalue weighted by Gasteiger charge is 1.96. The van der Waals surface area contributed by atoms with Gasteiger partial charge in [0.25, 0.3) is 0 Å². The predicted octanol–water partition coefficient (Wildman–Crippen LogP) is 1.67. The van der Waals surface area contributed by atoms with Gasteiger partial charge in [0.1, 0.15) is 0 Å². The van der Waals surface area contributed by atoms with E-state index in [1.807, 2.05) is 0 Å². The average molecular weight is 178 g/mol. The molecule has 1 rings (SSSR count). The van der Waals surface area contributed by atoms with Crippen LogP contribution < -0.4 is 5.73 Å². The fourth-order valence-electron chi connectivity index (χ4n) is 1.26. The highest BCUT2D eigenvalue weighted by molar-refractivity contribution is 5.32. The largest absolute Gasteiger partial charge is 0.376 e. The normalized spacial score (nSPS) is 16.8. The molecule has 0 amide bonds. The number of nitrogens with zero attached hydrogens (tertiary/aromatic N) is 1. The zero-order valence-electron chi connectivity index (χ0n) is 8.24. The van der Waals surface area contributed by atoms with E-state index in [2.05, 4.69) is 42.5 Å². The Morgan fingerprint density at radius 3 is 3.15 bits per heavy atom. The Morgan fingerprint density at radius 1 is 1.62 bits per heavy atom. The number of allylic oxidation sites excluding steroid dienone is 4. The molecular weight excluding hydrogens is 160 g/mol. The van der Waals surface area contributed by atoms with E-state index in [9.17, 15) is 0 Å². The number of hydrogen-bond acceptors (Lipinski definition) is 2. The maximum absolute atomic E-state index is 5.40. The van der Waals surface area contributed by atoms with Gasteiger partial charge in [-0.25, -0.2) is 0 Å². The second-order valence-electron chi connectivity index (χ2n) is 3.30. The summed E-state index contributed by atoms with van der Waals surface area (Å²) in [6.07, 6.45) is 13.0. The molecule has 0 atom stereocenters. The maximum Gasteiger partial charge on any atom is 0.0354 e. The van der Waals surface area contributed by atoms with Gasteiger partial charge in [-0.3, -0.25) is 0 Å². The summed E-state index contributed by atoms with van der Waals surface area (Å²) in [7, 11) is 2.08. The summed E-state index contributed by atoms with van der Waals surface area (Å²) in [5, 5.41) is 0. The molecule has 72 valence electrons. The summed E-state index contributed by atoms with van der Waals surface area (Å²) in [6.45, 7) is 1.79. The molecule has 1 aliphatic heterocycles. The van der Waals surface area contributed by atoms with E-state index in [0.717, 1.165) is 25.9 Å². The molecule has 0 saturated carbocycles. The summed E-state index contributed by atoms with van der Waals surface area (Å²) in [6, 6.07) is 0. The van der Waals surface area contributed by atoms with Crippen LogP contribution in [0.15, 0.2) is 36.1 Å². The molecular formula is C11H18N2. The first kappa shape index (κ1) is 10.1. The topological polar surface area (TPSA) is 29.3 Å². The Morgan fingerprint density at radius 2 is 2.46 bits per heavy atom. The summed E-state index contributed by atoms with van der Waals surface area (Å²) in [5.74, 6) is 0. The first-order chi connectivity index (χ1) is 6.33. The standard InChI is InChI=1S/C11H18N2/c1-13-9-5-7-11(10-13)6-3-2-4-8-12/h3,5-7,10H,2,4,8-9,12H2,1H3/b6-3-. The van der Waals surface area contributed by atoms with E-state index in [-0.39, 0.29) is 0 Å². The summed E-state index contributed by atoms with van der Waals surface area (Å²) >= 11 is 0. The van der Waals surface area contributed by atoms with Gasteiger partial charge >= 0.3 is 0 Å². The summed E-state index contributed by atoms with van der Waals surface area (Å²) < 4.78 is 0. The van der Waals surface area contributed by atoms with E-state index in [4.69, 9.17) is 5.73 Å². The lowest BCUT2D eigenvalue weighted by molar-refractivity contribution is 0.502. The lowest BCUT2D eigenvalue weighted by Gasteiger charge is -2.15. The molecule has 13 heavy (non-hydrogen) atoms. The summed E-state index contributed by atoms with van der Waals surface area (Å²) in [4.78, 5) is 2.17. The Labute approximate surface area is 80.4 Å². The Balaban J connectivity index is 2.35. The number of rotatable bonds is 4. The van der Waals surface area contributed by atoms with Crippen molar-refractivity contribution in [1.82, 2.24) is 4.90 Å². The van der Waals surface area contributed by atoms with E-state index in [0.29, 0.717) is 0 Å². The predicted molar refractivity (Wildman–Crippen MR) is 57.3 cm³/mol. The molecule has 2 nitrogen and oxygen atoms in total. The van der Waals surface area contributed by atoms with Gasteiger partial charge in [-0.1, -0.05) is 24.3 Å². The number of hydrogen-bond donors (Lipinski definition) is 1. The zero-order valence-corrected chi connectivity index (χ0v) is 8.24. The van der Waals surface area contributed by atoms with Crippen LogP contribution in [0.25, 0.3) is 0 Å².